The van der Waals surface area contributed by atoms with E-state index in [0.717, 1.165) is 0 Å². The third-order valence-electron chi connectivity index (χ3n) is 2.57. The van der Waals surface area contributed by atoms with Crippen LogP contribution in [-0.2, 0) is 9.59 Å². The molecule has 1 rings (SSSR count). The number of benzene rings is 1. The molecule has 1 aromatic rings. The lowest BCUT2D eigenvalue weighted by Crippen LogP contribution is -2.39. The molecule has 0 aliphatic carbocycles. The molecule has 0 aliphatic heterocycles. The third kappa shape index (κ3) is 5.27. The van der Waals surface area contributed by atoms with Gasteiger partial charge in [-0.1, -0.05) is 17.7 Å². The van der Waals surface area contributed by atoms with Crippen molar-refractivity contribution in [2.24, 2.45) is 0 Å². The number of carbonyl (C=O) groups excluding carboxylic acids is 2. The molecule has 0 aromatic heterocycles. The Labute approximate surface area is 121 Å². The minimum atomic E-state index is -0.979. The Balaban J connectivity index is 2.44. The van der Waals surface area contributed by atoms with Crippen molar-refractivity contribution in [1.82, 2.24) is 10.2 Å². The number of nitrogens with one attached hydrogen (secondary N) is 1. The second-order valence-electron chi connectivity index (χ2n) is 4.15. The van der Waals surface area contributed by atoms with Gasteiger partial charge in [0, 0.05) is 24.2 Å². The van der Waals surface area contributed by atoms with Crippen molar-refractivity contribution < 1.29 is 19.5 Å². The number of halogens is 1. The molecular weight excluding hydrogens is 284 g/mol. The van der Waals surface area contributed by atoms with Crippen molar-refractivity contribution >= 4 is 29.4 Å². The van der Waals surface area contributed by atoms with Crippen LogP contribution in [0.4, 0.5) is 0 Å². The summed E-state index contributed by atoms with van der Waals surface area (Å²) in [5.41, 5.74) is 0.360. The zero-order valence-corrected chi connectivity index (χ0v) is 11.7. The number of carboxylic acid groups (broad SMARTS) is 1. The predicted molar refractivity (Wildman–Crippen MR) is 73.7 cm³/mol. The van der Waals surface area contributed by atoms with Crippen LogP contribution in [0.15, 0.2) is 24.3 Å². The fourth-order valence-corrected chi connectivity index (χ4v) is 1.60. The zero-order chi connectivity index (χ0) is 15.1. The first-order chi connectivity index (χ1) is 9.40. The standard InChI is InChI=1S/C13H15ClN2O4/c1-16(6-5-12(18)19)11(17)8-15-13(20)9-3-2-4-10(14)7-9/h2-4,7H,5-6,8H2,1H3,(H,15,20)(H,18,19). The molecule has 2 N–H and O–H groups in total. The van der Waals surface area contributed by atoms with Crippen molar-refractivity contribution in [3.63, 3.8) is 0 Å². The number of nitrogens with zero attached hydrogens (tertiary/aromatic N) is 1. The Morgan fingerprint density at radius 3 is 2.65 bits per heavy atom. The van der Waals surface area contributed by atoms with Crippen LogP contribution >= 0.6 is 11.6 Å². The monoisotopic (exact) mass is 298 g/mol. The quantitative estimate of drug-likeness (QED) is 0.820. The van der Waals surface area contributed by atoms with E-state index in [9.17, 15) is 14.4 Å². The molecule has 0 atom stereocenters. The summed E-state index contributed by atoms with van der Waals surface area (Å²) in [7, 11) is 1.48. The second kappa shape index (κ2) is 7.49. The normalized spacial score (nSPS) is 9.90. The van der Waals surface area contributed by atoms with Gasteiger partial charge in [0.1, 0.15) is 0 Å². The fraction of sp³-hybridized carbons (Fsp3) is 0.308. The molecule has 0 saturated heterocycles. The molecule has 108 valence electrons. The summed E-state index contributed by atoms with van der Waals surface area (Å²) in [6, 6.07) is 6.36. The molecule has 0 unspecified atom stereocenters. The summed E-state index contributed by atoms with van der Waals surface area (Å²) in [6.07, 6.45) is -0.134. The molecule has 0 fully saturated rings. The number of carboxylic acids is 1. The van der Waals surface area contributed by atoms with Crippen LogP contribution in [0.2, 0.25) is 5.02 Å². The molecule has 7 heteroatoms. The Morgan fingerprint density at radius 2 is 2.05 bits per heavy atom. The summed E-state index contributed by atoms with van der Waals surface area (Å²) < 4.78 is 0. The van der Waals surface area contributed by atoms with E-state index in [1.165, 1.54) is 18.0 Å². The van der Waals surface area contributed by atoms with Crippen LogP contribution in [0.5, 0.6) is 0 Å². The molecule has 1 aromatic carbocycles. The van der Waals surface area contributed by atoms with Gasteiger partial charge in [0.25, 0.3) is 5.91 Å². The number of carbonyl (C=O) groups is 3. The van der Waals surface area contributed by atoms with Gasteiger partial charge in [0.05, 0.1) is 13.0 Å². The van der Waals surface area contributed by atoms with Crippen LogP contribution in [0.1, 0.15) is 16.8 Å². The molecule has 0 bridgehead atoms. The topological polar surface area (TPSA) is 86.7 Å². The zero-order valence-electron chi connectivity index (χ0n) is 10.9. The lowest BCUT2D eigenvalue weighted by atomic mass is 10.2. The summed E-state index contributed by atoms with van der Waals surface area (Å²) in [5, 5.41) is 11.4. The van der Waals surface area contributed by atoms with Crippen molar-refractivity contribution in [2.45, 2.75) is 6.42 Å². The molecule has 2 amide bonds. The van der Waals surface area contributed by atoms with Gasteiger partial charge < -0.3 is 15.3 Å². The summed E-state index contributed by atoms with van der Waals surface area (Å²) >= 11 is 5.76. The summed E-state index contributed by atoms with van der Waals surface area (Å²) in [4.78, 5) is 35.1. The lowest BCUT2D eigenvalue weighted by molar-refractivity contribution is -0.138. The van der Waals surface area contributed by atoms with Crippen LogP contribution in [0.3, 0.4) is 0 Å². The third-order valence-corrected chi connectivity index (χ3v) is 2.81. The highest BCUT2D eigenvalue weighted by atomic mass is 35.5. The number of likely N-dealkylation sites (N-methyl/N-ethyl adjacent to an activating group) is 1. The van der Waals surface area contributed by atoms with Crippen LogP contribution < -0.4 is 5.32 Å². The van der Waals surface area contributed by atoms with Crippen LogP contribution in [-0.4, -0.2) is 47.9 Å². The van der Waals surface area contributed by atoms with Crippen molar-refractivity contribution in [1.29, 1.82) is 0 Å². The van der Waals surface area contributed by atoms with Gasteiger partial charge in [-0.05, 0) is 18.2 Å². The van der Waals surface area contributed by atoms with Gasteiger partial charge >= 0.3 is 5.97 Å². The van der Waals surface area contributed by atoms with E-state index in [2.05, 4.69) is 5.32 Å². The SMILES string of the molecule is CN(CCC(=O)O)C(=O)CNC(=O)c1cccc(Cl)c1. The minimum absolute atomic E-state index is 0.0984. The van der Waals surface area contributed by atoms with Crippen LogP contribution in [0, 0.1) is 0 Å². The van der Waals surface area contributed by atoms with E-state index in [0.29, 0.717) is 10.6 Å². The van der Waals surface area contributed by atoms with Gasteiger partial charge in [-0.3, -0.25) is 14.4 Å². The molecule has 0 saturated carbocycles. The first-order valence-corrected chi connectivity index (χ1v) is 6.27. The van der Waals surface area contributed by atoms with E-state index in [1.54, 1.807) is 18.2 Å². The fourth-order valence-electron chi connectivity index (χ4n) is 1.41. The second-order valence-corrected chi connectivity index (χ2v) is 4.59. The van der Waals surface area contributed by atoms with E-state index in [-0.39, 0.29) is 25.4 Å². The Morgan fingerprint density at radius 1 is 1.35 bits per heavy atom. The Hall–Kier alpha value is -2.08. The van der Waals surface area contributed by atoms with E-state index in [4.69, 9.17) is 16.7 Å². The van der Waals surface area contributed by atoms with Crippen molar-refractivity contribution in [3.05, 3.63) is 34.9 Å². The highest BCUT2D eigenvalue weighted by Gasteiger charge is 2.12. The molecule has 0 aliphatic rings. The number of aliphatic carboxylic acids is 1. The summed E-state index contributed by atoms with van der Waals surface area (Å²) in [6.45, 7) is -0.0946. The van der Waals surface area contributed by atoms with Crippen molar-refractivity contribution in [3.8, 4) is 0 Å². The predicted octanol–water partition coefficient (Wildman–Crippen LogP) is 1.00. The first kappa shape index (κ1) is 16.0. The largest absolute Gasteiger partial charge is 0.481 e. The average Bonchev–Trinajstić information content (AvgIpc) is 2.41. The number of hydrogen-bond donors (Lipinski definition) is 2. The molecule has 0 radical (unpaired) electrons. The molecule has 20 heavy (non-hydrogen) atoms. The first-order valence-electron chi connectivity index (χ1n) is 5.89. The van der Waals surface area contributed by atoms with Gasteiger partial charge in [-0.25, -0.2) is 0 Å². The molecule has 0 spiro atoms. The number of hydrogen-bond acceptors (Lipinski definition) is 3. The van der Waals surface area contributed by atoms with Crippen LogP contribution in [0.25, 0.3) is 0 Å². The minimum Gasteiger partial charge on any atom is -0.481 e. The van der Waals surface area contributed by atoms with Gasteiger partial charge in [0.15, 0.2) is 0 Å². The highest BCUT2D eigenvalue weighted by Crippen LogP contribution is 2.10. The Bertz CT molecular complexity index is 519. The smallest absolute Gasteiger partial charge is 0.305 e. The van der Waals surface area contributed by atoms with Gasteiger partial charge in [-0.2, -0.15) is 0 Å². The maximum Gasteiger partial charge on any atom is 0.305 e. The maximum atomic E-state index is 11.8. The number of rotatable bonds is 6. The maximum absolute atomic E-state index is 11.8. The van der Waals surface area contributed by atoms with Gasteiger partial charge in [0.2, 0.25) is 5.91 Å². The Kier molecular flexibility index (Phi) is 5.99. The van der Waals surface area contributed by atoms with Gasteiger partial charge in [-0.15, -0.1) is 0 Å². The van der Waals surface area contributed by atoms with Crippen molar-refractivity contribution in [2.75, 3.05) is 20.1 Å². The summed E-state index contributed by atoms with van der Waals surface area (Å²) in [5.74, 6) is -1.75. The van der Waals surface area contributed by atoms with E-state index >= 15 is 0 Å². The molecular formula is C13H15ClN2O4. The number of amides is 2. The van der Waals surface area contributed by atoms with E-state index < -0.39 is 11.9 Å². The highest BCUT2D eigenvalue weighted by molar-refractivity contribution is 6.30. The van der Waals surface area contributed by atoms with E-state index in [1.807, 2.05) is 0 Å². The molecule has 0 heterocycles. The lowest BCUT2D eigenvalue weighted by Gasteiger charge is -2.16. The molecule has 6 nitrogen and oxygen atoms in total. The average molecular weight is 299 g/mol.